The van der Waals surface area contributed by atoms with Crippen LogP contribution in [0.3, 0.4) is 0 Å². The summed E-state index contributed by atoms with van der Waals surface area (Å²) in [6, 6.07) is 5.04. The summed E-state index contributed by atoms with van der Waals surface area (Å²) in [7, 11) is 3.04. The van der Waals surface area contributed by atoms with E-state index in [-0.39, 0.29) is 0 Å². The summed E-state index contributed by atoms with van der Waals surface area (Å²) in [5.41, 5.74) is 0.422. The first-order chi connectivity index (χ1) is 10.5. The van der Waals surface area contributed by atoms with Crippen LogP contribution in [-0.4, -0.2) is 44.0 Å². The second-order valence-electron chi connectivity index (χ2n) is 5.52. The molecule has 1 aromatic carbocycles. The van der Waals surface area contributed by atoms with Crippen LogP contribution in [0, 0.1) is 5.92 Å². The highest BCUT2D eigenvalue weighted by Crippen LogP contribution is 2.29. The number of nitrogens with zero attached hydrogens (tertiary/aromatic N) is 1. The first-order valence-corrected chi connectivity index (χ1v) is 7.37. The normalized spacial score (nSPS) is 17.8. The fourth-order valence-electron chi connectivity index (χ4n) is 2.60. The molecule has 1 aliphatic heterocycles. The zero-order valence-electron chi connectivity index (χ0n) is 13.2. The fraction of sp³-hybridized carbons (Fsp3) is 0.500. The van der Waals surface area contributed by atoms with Crippen LogP contribution in [0.2, 0.25) is 0 Å². The number of piperidine rings is 1. The third kappa shape index (κ3) is 3.69. The number of nitrogens with one attached hydrogen (secondary N) is 1. The van der Waals surface area contributed by atoms with Crippen molar-refractivity contribution in [1.82, 2.24) is 4.90 Å². The van der Waals surface area contributed by atoms with Gasteiger partial charge >= 0.3 is 11.8 Å². The second kappa shape index (κ2) is 7.15. The van der Waals surface area contributed by atoms with Crippen LogP contribution in [0.25, 0.3) is 0 Å². The van der Waals surface area contributed by atoms with Crippen molar-refractivity contribution in [2.75, 3.05) is 32.6 Å². The van der Waals surface area contributed by atoms with Gasteiger partial charge in [-0.25, -0.2) is 0 Å². The molecule has 1 heterocycles. The third-order valence-electron chi connectivity index (χ3n) is 3.79. The summed E-state index contributed by atoms with van der Waals surface area (Å²) in [5, 5.41) is 2.61. The van der Waals surface area contributed by atoms with E-state index in [4.69, 9.17) is 9.47 Å². The van der Waals surface area contributed by atoms with Crippen LogP contribution in [0.1, 0.15) is 19.8 Å². The number of likely N-dealkylation sites (tertiary alicyclic amines) is 1. The Labute approximate surface area is 130 Å². The van der Waals surface area contributed by atoms with E-state index in [1.165, 1.54) is 14.2 Å². The molecule has 1 fully saturated rings. The maximum Gasteiger partial charge on any atom is 0.314 e. The lowest BCUT2D eigenvalue weighted by Crippen LogP contribution is -2.44. The molecule has 0 aliphatic carbocycles. The summed E-state index contributed by atoms with van der Waals surface area (Å²) in [6.45, 7) is 3.34. The first-order valence-electron chi connectivity index (χ1n) is 7.37. The number of carbonyl (C=O) groups is 2. The average Bonchev–Trinajstić information content (AvgIpc) is 2.53. The molecular formula is C16H22N2O4. The molecule has 1 aromatic rings. The van der Waals surface area contributed by atoms with Crippen LogP contribution >= 0.6 is 0 Å². The molecule has 0 saturated carbocycles. The summed E-state index contributed by atoms with van der Waals surface area (Å²) < 4.78 is 10.3. The molecule has 1 aliphatic rings. The van der Waals surface area contributed by atoms with Gasteiger partial charge in [0.1, 0.15) is 11.5 Å². The SMILES string of the molecule is COc1ccc(OC)c(NC(=O)C(=O)N2CCCC(C)C2)c1. The largest absolute Gasteiger partial charge is 0.497 e. The van der Waals surface area contributed by atoms with Crippen LogP contribution in [-0.2, 0) is 9.59 Å². The van der Waals surface area contributed by atoms with E-state index < -0.39 is 11.8 Å². The van der Waals surface area contributed by atoms with E-state index in [1.54, 1.807) is 23.1 Å². The lowest BCUT2D eigenvalue weighted by atomic mass is 10.0. The lowest BCUT2D eigenvalue weighted by Gasteiger charge is -2.30. The monoisotopic (exact) mass is 306 g/mol. The summed E-state index contributed by atoms with van der Waals surface area (Å²) >= 11 is 0. The highest BCUT2D eigenvalue weighted by Gasteiger charge is 2.26. The van der Waals surface area contributed by atoms with Crippen molar-refractivity contribution in [3.8, 4) is 11.5 Å². The zero-order chi connectivity index (χ0) is 16.1. The van der Waals surface area contributed by atoms with E-state index in [0.29, 0.717) is 36.2 Å². The molecule has 6 nitrogen and oxygen atoms in total. The van der Waals surface area contributed by atoms with Crippen molar-refractivity contribution in [2.45, 2.75) is 19.8 Å². The van der Waals surface area contributed by atoms with Crippen LogP contribution in [0.4, 0.5) is 5.69 Å². The molecule has 1 saturated heterocycles. The number of benzene rings is 1. The van der Waals surface area contributed by atoms with E-state index in [2.05, 4.69) is 12.2 Å². The number of methoxy groups -OCH3 is 2. The molecule has 2 amide bonds. The molecule has 0 bridgehead atoms. The molecule has 0 aromatic heterocycles. The predicted molar refractivity (Wildman–Crippen MR) is 83.2 cm³/mol. The van der Waals surface area contributed by atoms with Crippen LogP contribution in [0.15, 0.2) is 18.2 Å². The molecule has 1 N–H and O–H groups in total. The van der Waals surface area contributed by atoms with Gasteiger partial charge in [0.15, 0.2) is 0 Å². The summed E-state index contributed by atoms with van der Waals surface area (Å²) in [6.07, 6.45) is 2.03. The van der Waals surface area contributed by atoms with Gasteiger partial charge in [-0.15, -0.1) is 0 Å². The van der Waals surface area contributed by atoms with Crippen molar-refractivity contribution in [3.05, 3.63) is 18.2 Å². The maximum atomic E-state index is 12.2. The number of amides is 2. The predicted octanol–water partition coefficient (Wildman–Crippen LogP) is 1.90. The quantitative estimate of drug-likeness (QED) is 0.866. The Balaban J connectivity index is 2.09. The van der Waals surface area contributed by atoms with Crippen LogP contribution in [0.5, 0.6) is 11.5 Å². The van der Waals surface area contributed by atoms with Gasteiger partial charge < -0.3 is 19.7 Å². The van der Waals surface area contributed by atoms with Gasteiger partial charge in [0.05, 0.1) is 19.9 Å². The molecule has 0 radical (unpaired) electrons. The molecule has 22 heavy (non-hydrogen) atoms. The molecule has 2 rings (SSSR count). The summed E-state index contributed by atoms with van der Waals surface area (Å²) in [5.74, 6) is 0.332. The van der Waals surface area contributed by atoms with E-state index in [9.17, 15) is 9.59 Å². The van der Waals surface area contributed by atoms with E-state index >= 15 is 0 Å². The molecule has 0 spiro atoms. The highest BCUT2D eigenvalue weighted by atomic mass is 16.5. The Kier molecular flexibility index (Phi) is 5.25. The number of hydrogen-bond acceptors (Lipinski definition) is 4. The van der Waals surface area contributed by atoms with Crippen molar-refractivity contribution in [3.63, 3.8) is 0 Å². The van der Waals surface area contributed by atoms with Crippen molar-refractivity contribution < 1.29 is 19.1 Å². The van der Waals surface area contributed by atoms with Crippen molar-refractivity contribution in [2.24, 2.45) is 5.92 Å². The van der Waals surface area contributed by atoms with Crippen molar-refractivity contribution >= 4 is 17.5 Å². The Morgan fingerprint density at radius 2 is 2.05 bits per heavy atom. The van der Waals surface area contributed by atoms with E-state index in [1.807, 2.05) is 0 Å². The number of hydrogen-bond donors (Lipinski definition) is 1. The standard InChI is InChI=1S/C16H22N2O4/c1-11-5-4-8-18(10-11)16(20)15(19)17-13-9-12(21-2)6-7-14(13)22-3/h6-7,9,11H,4-5,8,10H2,1-3H3,(H,17,19). The van der Waals surface area contributed by atoms with Gasteiger partial charge in [-0.3, -0.25) is 9.59 Å². The number of rotatable bonds is 3. The number of anilines is 1. The van der Waals surface area contributed by atoms with Gasteiger partial charge in [-0.05, 0) is 30.9 Å². The molecule has 6 heteroatoms. The van der Waals surface area contributed by atoms with Gasteiger partial charge in [0.2, 0.25) is 0 Å². The van der Waals surface area contributed by atoms with Crippen LogP contribution < -0.4 is 14.8 Å². The smallest absolute Gasteiger partial charge is 0.314 e. The zero-order valence-corrected chi connectivity index (χ0v) is 13.2. The lowest BCUT2D eigenvalue weighted by molar-refractivity contribution is -0.144. The number of ether oxygens (including phenoxy) is 2. The van der Waals surface area contributed by atoms with Gasteiger partial charge in [0, 0.05) is 19.2 Å². The third-order valence-corrected chi connectivity index (χ3v) is 3.79. The fourth-order valence-corrected chi connectivity index (χ4v) is 2.60. The topological polar surface area (TPSA) is 67.9 Å². The maximum absolute atomic E-state index is 12.2. The molecule has 1 unspecified atom stereocenters. The minimum absolute atomic E-state index is 0.422. The van der Waals surface area contributed by atoms with Crippen molar-refractivity contribution in [1.29, 1.82) is 0 Å². The Morgan fingerprint density at radius 1 is 1.27 bits per heavy atom. The van der Waals surface area contributed by atoms with E-state index in [0.717, 1.165) is 12.8 Å². The van der Waals surface area contributed by atoms with Gasteiger partial charge in [-0.2, -0.15) is 0 Å². The molecular weight excluding hydrogens is 284 g/mol. The summed E-state index contributed by atoms with van der Waals surface area (Å²) in [4.78, 5) is 26.0. The second-order valence-corrected chi connectivity index (χ2v) is 5.52. The molecule has 120 valence electrons. The minimum Gasteiger partial charge on any atom is -0.497 e. The van der Waals surface area contributed by atoms with Gasteiger partial charge in [0.25, 0.3) is 0 Å². The highest BCUT2D eigenvalue weighted by molar-refractivity contribution is 6.39. The minimum atomic E-state index is -0.652. The van der Waals surface area contributed by atoms with Gasteiger partial charge in [-0.1, -0.05) is 6.92 Å². The molecule has 1 atom stereocenters. The Morgan fingerprint density at radius 3 is 2.68 bits per heavy atom. The Hall–Kier alpha value is -2.24. The number of carbonyl (C=O) groups excluding carboxylic acids is 2. The average molecular weight is 306 g/mol. The Bertz CT molecular complexity index is 559. The first kappa shape index (κ1) is 16.1.